The van der Waals surface area contributed by atoms with Crippen LogP contribution in [0.25, 0.3) is 11.5 Å². The van der Waals surface area contributed by atoms with Crippen molar-refractivity contribution in [3.05, 3.63) is 41.3 Å². The fourth-order valence-electron chi connectivity index (χ4n) is 2.12. The average molecular weight is 316 g/mol. The van der Waals surface area contributed by atoms with Crippen LogP contribution < -0.4 is 5.32 Å². The van der Waals surface area contributed by atoms with Gasteiger partial charge in [0.15, 0.2) is 0 Å². The van der Waals surface area contributed by atoms with Crippen molar-refractivity contribution >= 4 is 17.7 Å². The Morgan fingerprint density at radius 1 is 1.32 bits per heavy atom. The molecule has 116 valence electrons. The highest BCUT2D eigenvalue weighted by atomic mass is 32.2. The molecule has 1 aromatic heterocycles. The third-order valence-corrected chi connectivity index (χ3v) is 4.55. The van der Waals surface area contributed by atoms with Gasteiger partial charge >= 0.3 is 0 Å². The van der Waals surface area contributed by atoms with E-state index in [0.717, 1.165) is 29.9 Å². The first-order valence-corrected chi connectivity index (χ1v) is 8.68. The Kier molecular flexibility index (Phi) is 4.52. The lowest BCUT2D eigenvalue weighted by atomic mass is 10.1. The molecule has 0 aliphatic heterocycles. The molecule has 4 nitrogen and oxygen atoms in total. The fourth-order valence-corrected chi connectivity index (χ4v) is 2.95. The summed E-state index contributed by atoms with van der Waals surface area (Å²) in [6, 6.07) is 8.55. The molecule has 22 heavy (non-hydrogen) atoms. The number of oxazole rings is 1. The van der Waals surface area contributed by atoms with E-state index in [2.05, 4.69) is 17.2 Å². The summed E-state index contributed by atoms with van der Waals surface area (Å²) in [5.74, 6) is 2.76. The van der Waals surface area contributed by atoms with Crippen LogP contribution in [0.2, 0.25) is 0 Å². The second-order valence-corrected chi connectivity index (χ2v) is 6.71. The molecule has 0 radical (unpaired) electrons. The van der Waals surface area contributed by atoms with Crippen LogP contribution in [0.1, 0.15) is 29.9 Å². The van der Waals surface area contributed by atoms with Gasteiger partial charge in [0, 0.05) is 17.4 Å². The molecule has 1 fully saturated rings. The molecule has 0 unspecified atom stereocenters. The predicted molar refractivity (Wildman–Crippen MR) is 88.7 cm³/mol. The van der Waals surface area contributed by atoms with Crippen LogP contribution in [0.4, 0.5) is 0 Å². The molecule has 0 bridgehead atoms. The Bertz CT molecular complexity index is 660. The second-order valence-electron chi connectivity index (χ2n) is 5.72. The van der Waals surface area contributed by atoms with Gasteiger partial charge in [0.05, 0.1) is 11.4 Å². The van der Waals surface area contributed by atoms with Gasteiger partial charge in [-0.1, -0.05) is 17.7 Å². The van der Waals surface area contributed by atoms with Crippen molar-refractivity contribution in [1.82, 2.24) is 10.3 Å². The summed E-state index contributed by atoms with van der Waals surface area (Å²) in [6.07, 6.45) is 2.25. The Hall–Kier alpha value is -1.75. The number of carbonyl (C=O) groups excluding carboxylic acids is 1. The monoisotopic (exact) mass is 316 g/mol. The molecule has 5 heteroatoms. The van der Waals surface area contributed by atoms with E-state index in [9.17, 15) is 4.79 Å². The van der Waals surface area contributed by atoms with Gasteiger partial charge in [-0.2, -0.15) is 0 Å². The van der Waals surface area contributed by atoms with Crippen LogP contribution in [0, 0.1) is 13.8 Å². The molecule has 2 aromatic rings. The number of amides is 1. The zero-order chi connectivity index (χ0) is 15.5. The number of carbonyl (C=O) groups is 1. The number of aryl methyl sites for hydroxylation is 2. The van der Waals surface area contributed by atoms with Gasteiger partial charge in [-0.25, -0.2) is 4.98 Å². The minimum atomic E-state index is 0.118. The molecule has 0 saturated heterocycles. The van der Waals surface area contributed by atoms with Gasteiger partial charge in [-0.05, 0) is 38.8 Å². The first kappa shape index (κ1) is 15.2. The number of benzene rings is 1. The maximum Gasteiger partial charge on any atom is 0.230 e. The minimum absolute atomic E-state index is 0.118. The summed E-state index contributed by atoms with van der Waals surface area (Å²) < 4.78 is 5.75. The van der Waals surface area contributed by atoms with Crippen LogP contribution in [0.5, 0.6) is 0 Å². The van der Waals surface area contributed by atoms with Gasteiger partial charge in [0.1, 0.15) is 5.76 Å². The smallest absolute Gasteiger partial charge is 0.230 e. The number of rotatable bonds is 6. The van der Waals surface area contributed by atoms with Crippen molar-refractivity contribution in [3.8, 4) is 11.5 Å². The van der Waals surface area contributed by atoms with Gasteiger partial charge in [-0.15, -0.1) is 11.8 Å². The summed E-state index contributed by atoms with van der Waals surface area (Å²) in [5, 5.41) is 2.99. The molecule has 1 aliphatic carbocycles. The van der Waals surface area contributed by atoms with Crippen molar-refractivity contribution in [2.45, 2.75) is 38.5 Å². The number of hydrogen-bond acceptors (Lipinski definition) is 4. The summed E-state index contributed by atoms with van der Waals surface area (Å²) in [5.41, 5.74) is 3.11. The molecule has 0 spiro atoms. The second kappa shape index (κ2) is 6.57. The van der Waals surface area contributed by atoms with Crippen LogP contribution in [-0.2, 0) is 10.5 Å². The summed E-state index contributed by atoms with van der Waals surface area (Å²) in [4.78, 5) is 16.2. The topological polar surface area (TPSA) is 55.1 Å². The maximum absolute atomic E-state index is 11.7. The van der Waals surface area contributed by atoms with Crippen LogP contribution in [0.3, 0.4) is 0 Å². The molecule has 1 aromatic carbocycles. The third-order valence-electron chi connectivity index (χ3n) is 3.61. The third kappa shape index (κ3) is 3.91. The predicted octanol–water partition coefficient (Wildman–Crippen LogP) is 3.47. The summed E-state index contributed by atoms with van der Waals surface area (Å²) in [7, 11) is 0. The average Bonchev–Trinajstić information content (AvgIpc) is 3.22. The Labute approximate surface area is 134 Å². The van der Waals surface area contributed by atoms with E-state index >= 15 is 0 Å². The van der Waals surface area contributed by atoms with E-state index in [0.29, 0.717) is 23.4 Å². The maximum atomic E-state index is 11.7. The SMILES string of the molecule is Cc1ccc(-c2nc(CSCC(=O)NC3CC3)c(C)o2)cc1. The van der Waals surface area contributed by atoms with Crippen molar-refractivity contribution < 1.29 is 9.21 Å². The molecule has 1 heterocycles. The quantitative estimate of drug-likeness (QED) is 0.886. The number of nitrogens with one attached hydrogen (secondary N) is 1. The van der Waals surface area contributed by atoms with Gasteiger partial charge < -0.3 is 9.73 Å². The molecule has 1 amide bonds. The first-order chi connectivity index (χ1) is 10.6. The minimum Gasteiger partial charge on any atom is -0.441 e. The number of aromatic nitrogens is 1. The van der Waals surface area contributed by atoms with Crippen LogP contribution in [0.15, 0.2) is 28.7 Å². The van der Waals surface area contributed by atoms with E-state index in [1.807, 2.05) is 31.2 Å². The van der Waals surface area contributed by atoms with Crippen molar-refractivity contribution in [2.75, 3.05) is 5.75 Å². The molecule has 1 aliphatic rings. The van der Waals surface area contributed by atoms with Gasteiger partial charge in [0.2, 0.25) is 11.8 Å². The van der Waals surface area contributed by atoms with Crippen molar-refractivity contribution in [2.24, 2.45) is 0 Å². The summed E-state index contributed by atoms with van der Waals surface area (Å²) in [6.45, 7) is 3.98. The highest BCUT2D eigenvalue weighted by molar-refractivity contribution is 7.99. The lowest BCUT2D eigenvalue weighted by molar-refractivity contribution is -0.118. The highest BCUT2D eigenvalue weighted by Gasteiger charge is 2.23. The lowest BCUT2D eigenvalue weighted by Crippen LogP contribution is -2.27. The Morgan fingerprint density at radius 2 is 2.05 bits per heavy atom. The Balaban J connectivity index is 1.57. The fraction of sp³-hybridized carbons (Fsp3) is 0.412. The molecular weight excluding hydrogens is 296 g/mol. The molecule has 1 saturated carbocycles. The van der Waals surface area contributed by atoms with E-state index in [-0.39, 0.29) is 5.91 Å². The van der Waals surface area contributed by atoms with E-state index in [1.165, 1.54) is 5.56 Å². The number of thioether (sulfide) groups is 1. The number of hydrogen-bond donors (Lipinski definition) is 1. The molecule has 1 N–H and O–H groups in total. The van der Waals surface area contributed by atoms with Crippen LogP contribution >= 0.6 is 11.8 Å². The Morgan fingerprint density at radius 3 is 2.73 bits per heavy atom. The first-order valence-electron chi connectivity index (χ1n) is 7.52. The van der Waals surface area contributed by atoms with E-state index < -0.39 is 0 Å². The normalized spacial score (nSPS) is 14.1. The zero-order valence-electron chi connectivity index (χ0n) is 12.9. The molecule has 0 atom stereocenters. The van der Waals surface area contributed by atoms with E-state index in [1.54, 1.807) is 11.8 Å². The van der Waals surface area contributed by atoms with E-state index in [4.69, 9.17) is 4.42 Å². The van der Waals surface area contributed by atoms with Gasteiger partial charge in [-0.3, -0.25) is 4.79 Å². The summed E-state index contributed by atoms with van der Waals surface area (Å²) >= 11 is 1.57. The standard InChI is InChI=1S/C17H20N2O2S/c1-11-3-5-13(6-4-11)17-19-15(12(2)21-17)9-22-10-16(20)18-14-7-8-14/h3-6,14H,7-10H2,1-2H3,(H,18,20). The molecule has 3 rings (SSSR count). The van der Waals surface area contributed by atoms with Crippen LogP contribution in [-0.4, -0.2) is 22.7 Å². The van der Waals surface area contributed by atoms with Crippen molar-refractivity contribution in [1.29, 1.82) is 0 Å². The lowest BCUT2D eigenvalue weighted by Gasteiger charge is -2.01. The van der Waals surface area contributed by atoms with Crippen molar-refractivity contribution in [3.63, 3.8) is 0 Å². The molecular formula is C17H20N2O2S. The highest BCUT2D eigenvalue weighted by Crippen LogP contribution is 2.24. The van der Waals surface area contributed by atoms with Gasteiger partial charge in [0.25, 0.3) is 0 Å². The zero-order valence-corrected chi connectivity index (χ0v) is 13.7. The largest absolute Gasteiger partial charge is 0.441 e. The number of nitrogens with zero attached hydrogens (tertiary/aromatic N) is 1.